The molecule has 0 aliphatic rings. The van der Waals surface area contributed by atoms with Crippen LogP contribution in [-0.2, 0) is 12.7 Å². The Kier molecular flexibility index (Phi) is 5.46. The summed E-state index contributed by atoms with van der Waals surface area (Å²) in [4.78, 5) is 25.3. The Morgan fingerprint density at radius 3 is 2.20 bits per heavy atom. The number of amides is 2. The number of hydrogen-bond donors (Lipinski definition) is 1. The Balaban J connectivity index is 2.02. The van der Waals surface area contributed by atoms with Gasteiger partial charge in [0, 0.05) is 31.8 Å². The summed E-state index contributed by atoms with van der Waals surface area (Å²) in [6.07, 6.45) is -4.49. The molecule has 0 radical (unpaired) electrons. The zero-order valence-electron chi connectivity index (χ0n) is 13.7. The summed E-state index contributed by atoms with van der Waals surface area (Å²) in [5.41, 5.74) is 0.314. The summed E-state index contributed by atoms with van der Waals surface area (Å²) in [5, 5.41) is 2.56. The van der Waals surface area contributed by atoms with Gasteiger partial charge in [0.2, 0.25) is 0 Å². The van der Waals surface area contributed by atoms with Gasteiger partial charge in [-0.15, -0.1) is 0 Å². The topological polar surface area (TPSA) is 49.4 Å². The van der Waals surface area contributed by atoms with Gasteiger partial charge in [-0.05, 0) is 35.9 Å². The second-order valence-corrected chi connectivity index (χ2v) is 5.66. The van der Waals surface area contributed by atoms with Crippen molar-refractivity contribution < 1.29 is 22.8 Å². The molecule has 0 atom stereocenters. The van der Waals surface area contributed by atoms with Crippen LogP contribution in [0, 0.1) is 0 Å². The van der Waals surface area contributed by atoms with Crippen molar-refractivity contribution in [3.05, 3.63) is 70.8 Å². The van der Waals surface area contributed by atoms with Crippen molar-refractivity contribution in [1.29, 1.82) is 0 Å². The number of carbonyl (C=O) groups is 2. The normalized spacial score (nSPS) is 11.1. The Bertz CT molecular complexity index is 769. The molecule has 0 unspecified atom stereocenters. The SMILES string of the molecule is CN(C)C(=O)c1ccc(CNC(=O)c2cccc(C(F)(F)F)c2)cc1. The van der Waals surface area contributed by atoms with Gasteiger partial charge >= 0.3 is 6.18 Å². The van der Waals surface area contributed by atoms with Gasteiger partial charge in [-0.2, -0.15) is 13.2 Å². The van der Waals surface area contributed by atoms with Crippen LogP contribution in [-0.4, -0.2) is 30.8 Å². The first-order valence-electron chi connectivity index (χ1n) is 7.44. The second kappa shape index (κ2) is 7.38. The van der Waals surface area contributed by atoms with Crippen molar-refractivity contribution in [2.45, 2.75) is 12.7 Å². The van der Waals surface area contributed by atoms with Gasteiger partial charge in [0.25, 0.3) is 11.8 Å². The van der Waals surface area contributed by atoms with E-state index in [4.69, 9.17) is 0 Å². The van der Waals surface area contributed by atoms with Crippen molar-refractivity contribution in [1.82, 2.24) is 10.2 Å². The summed E-state index contributed by atoms with van der Waals surface area (Å²) in [6, 6.07) is 10.9. The largest absolute Gasteiger partial charge is 0.416 e. The van der Waals surface area contributed by atoms with Crippen molar-refractivity contribution in [3.63, 3.8) is 0 Å². The average Bonchev–Trinajstić information content (AvgIpc) is 2.58. The number of hydrogen-bond acceptors (Lipinski definition) is 2. The Hall–Kier alpha value is -2.83. The van der Waals surface area contributed by atoms with Gasteiger partial charge < -0.3 is 10.2 Å². The van der Waals surface area contributed by atoms with Crippen LogP contribution >= 0.6 is 0 Å². The van der Waals surface area contributed by atoms with Crippen molar-refractivity contribution in [2.24, 2.45) is 0 Å². The standard InChI is InChI=1S/C18H17F3N2O2/c1-23(2)17(25)13-8-6-12(7-9-13)11-22-16(24)14-4-3-5-15(10-14)18(19,20)21/h3-10H,11H2,1-2H3,(H,22,24). The Morgan fingerprint density at radius 1 is 1.00 bits per heavy atom. The highest BCUT2D eigenvalue weighted by Gasteiger charge is 2.30. The molecule has 2 amide bonds. The van der Waals surface area contributed by atoms with E-state index < -0.39 is 17.6 Å². The van der Waals surface area contributed by atoms with Crippen LogP contribution in [0.25, 0.3) is 0 Å². The molecule has 2 aromatic rings. The molecular formula is C18H17F3N2O2. The van der Waals surface area contributed by atoms with E-state index in [1.54, 1.807) is 38.4 Å². The second-order valence-electron chi connectivity index (χ2n) is 5.66. The van der Waals surface area contributed by atoms with Gasteiger partial charge in [-0.3, -0.25) is 9.59 Å². The Morgan fingerprint density at radius 2 is 1.64 bits per heavy atom. The smallest absolute Gasteiger partial charge is 0.348 e. The molecule has 0 aromatic heterocycles. The fourth-order valence-electron chi connectivity index (χ4n) is 2.14. The fraction of sp³-hybridized carbons (Fsp3) is 0.222. The van der Waals surface area contributed by atoms with Crippen LogP contribution in [0.5, 0.6) is 0 Å². The monoisotopic (exact) mass is 350 g/mol. The molecule has 0 bridgehead atoms. The van der Waals surface area contributed by atoms with Gasteiger partial charge in [-0.25, -0.2) is 0 Å². The Labute approximate surface area is 143 Å². The van der Waals surface area contributed by atoms with Gasteiger partial charge in [0.1, 0.15) is 0 Å². The number of nitrogens with zero attached hydrogens (tertiary/aromatic N) is 1. The summed E-state index contributed by atoms with van der Waals surface area (Å²) >= 11 is 0. The molecule has 132 valence electrons. The highest BCUT2D eigenvalue weighted by molar-refractivity contribution is 5.95. The van der Waals surface area contributed by atoms with Crippen molar-refractivity contribution in [2.75, 3.05) is 14.1 Å². The van der Waals surface area contributed by atoms with E-state index >= 15 is 0 Å². The average molecular weight is 350 g/mol. The number of rotatable bonds is 4. The quantitative estimate of drug-likeness (QED) is 0.919. The molecule has 1 N–H and O–H groups in total. The first-order valence-corrected chi connectivity index (χ1v) is 7.44. The molecular weight excluding hydrogens is 333 g/mol. The molecule has 0 heterocycles. The maximum absolute atomic E-state index is 12.7. The van der Waals surface area contributed by atoms with Crippen molar-refractivity contribution in [3.8, 4) is 0 Å². The minimum absolute atomic E-state index is 0.0609. The summed E-state index contributed by atoms with van der Waals surface area (Å²) < 4.78 is 38.0. The number of alkyl halides is 3. The third kappa shape index (κ3) is 4.82. The lowest BCUT2D eigenvalue weighted by Crippen LogP contribution is -2.24. The maximum atomic E-state index is 12.7. The van der Waals surface area contributed by atoms with Crippen LogP contribution in [0.15, 0.2) is 48.5 Å². The first-order chi connectivity index (χ1) is 11.7. The van der Waals surface area contributed by atoms with E-state index in [-0.39, 0.29) is 18.0 Å². The highest BCUT2D eigenvalue weighted by atomic mass is 19.4. The lowest BCUT2D eigenvalue weighted by atomic mass is 10.1. The molecule has 4 nitrogen and oxygen atoms in total. The molecule has 2 aromatic carbocycles. The number of nitrogens with one attached hydrogen (secondary N) is 1. The first kappa shape index (κ1) is 18.5. The van der Waals surface area contributed by atoms with Crippen LogP contribution < -0.4 is 5.32 Å². The van der Waals surface area contributed by atoms with E-state index in [1.807, 2.05) is 0 Å². The predicted octanol–water partition coefficient (Wildman–Crippen LogP) is 3.34. The van der Waals surface area contributed by atoms with Gasteiger partial charge in [-0.1, -0.05) is 18.2 Å². The molecule has 2 rings (SSSR count). The van der Waals surface area contributed by atoms with Gasteiger partial charge in [0.15, 0.2) is 0 Å². The van der Waals surface area contributed by atoms with E-state index in [9.17, 15) is 22.8 Å². The van der Waals surface area contributed by atoms with E-state index in [1.165, 1.54) is 17.0 Å². The predicted molar refractivity (Wildman–Crippen MR) is 87.1 cm³/mol. The van der Waals surface area contributed by atoms with E-state index in [0.29, 0.717) is 5.56 Å². The molecule has 7 heteroatoms. The lowest BCUT2D eigenvalue weighted by molar-refractivity contribution is -0.137. The molecule has 0 aliphatic carbocycles. The zero-order valence-corrected chi connectivity index (χ0v) is 13.7. The zero-order chi connectivity index (χ0) is 18.6. The van der Waals surface area contributed by atoms with Crippen molar-refractivity contribution >= 4 is 11.8 Å². The molecule has 0 saturated carbocycles. The van der Waals surface area contributed by atoms with Crippen LogP contribution in [0.3, 0.4) is 0 Å². The highest BCUT2D eigenvalue weighted by Crippen LogP contribution is 2.29. The summed E-state index contributed by atoms with van der Waals surface area (Å²) in [6.45, 7) is 0.144. The van der Waals surface area contributed by atoms with Crippen LogP contribution in [0.1, 0.15) is 31.8 Å². The molecule has 0 spiro atoms. The number of benzene rings is 2. The molecule has 0 saturated heterocycles. The minimum Gasteiger partial charge on any atom is -0.348 e. The maximum Gasteiger partial charge on any atom is 0.416 e. The fourth-order valence-corrected chi connectivity index (χ4v) is 2.14. The third-order valence-electron chi connectivity index (χ3n) is 3.51. The molecule has 0 aliphatic heterocycles. The lowest BCUT2D eigenvalue weighted by Gasteiger charge is -2.11. The van der Waals surface area contributed by atoms with E-state index in [0.717, 1.165) is 17.7 Å². The number of carbonyl (C=O) groups excluding carboxylic acids is 2. The summed E-state index contributed by atoms with van der Waals surface area (Å²) in [7, 11) is 3.29. The van der Waals surface area contributed by atoms with Gasteiger partial charge in [0.05, 0.1) is 5.56 Å². The minimum atomic E-state index is -4.49. The summed E-state index contributed by atoms with van der Waals surface area (Å²) in [5.74, 6) is -0.737. The molecule has 25 heavy (non-hydrogen) atoms. The molecule has 0 fully saturated rings. The number of halogens is 3. The van der Waals surface area contributed by atoms with Crippen LogP contribution in [0.4, 0.5) is 13.2 Å². The van der Waals surface area contributed by atoms with Crippen LogP contribution in [0.2, 0.25) is 0 Å². The van der Waals surface area contributed by atoms with E-state index in [2.05, 4.69) is 5.32 Å². The third-order valence-corrected chi connectivity index (χ3v) is 3.51.